The molecule has 2 aromatic carbocycles. The maximum Gasteiger partial charge on any atom is 0.144 e. The molecule has 2 bridgehead atoms. The molecule has 5 rings (SSSR count). The van der Waals surface area contributed by atoms with Gasteiger partial charge in [0.25, 0.3) is 0 Å². The first kappa shape index (κ1) is 12.6. The van der Waals surface area contributed by atoms with Crippen molar-refractivity contribution in [2.24, 2.45) is 17.3 Å². The molecule has 3 aliphatic rings. The van der Waals surface area contributed by atoms with E-state index in [2.05, 4.69) is 49.4 Å². The van der Waals surface area contributed by atoms with Gasteiger partial charge in [-0.05, 0) is 59.9 Å². The average molecular weight is 288 g/mol. The Morgan fingerprint density at radius 1 is 1.05 bits per heavy atom. The molecule has 3 atom stereocenters. The van der Waals surface area contributed by atoms with E-state index < -0.39 is 0 Å². The zero-order valence-corrected chi connectivity index (χ0v) is 12.9. The number of hydrogen-bond donors (Lipinski definition) is 0. The van der Waals surface area contributed by atoms with Crippen LogP contribution >= 0.6 is 0 Å². The standard InChI is InChI=1S/C21H20O/c1-13-2-4-15-8-17-10-20(22)21(11-14-3-5-19(21)7-14)12-18(17)9-16(15)6-13/h2-6,8-9,14,19H,7,10-12H2,1H3. The van der Waals surface area contributed by atoms with Crippen molar-refractivity contribution in [3.8, 4) is 0 Å². The summed E-state index contributed by atoms with van der Waals surface area (Å²) in [5.74, 6) is 1.63. The van der Waals surface area contributed by atoms with Gasteiger partial charge in [-0.25, -0.2) is 0 Å². The molecule has 2 aromatic rings. The van der Waals surface area contributed by atoms with Crippen LogP contribution in [0.25, 0.3) is 10.8 Å². The van der Waals surface area contributed by atoms with E-state index in [-0.39, 0.29) is 5.41 Å². The normalized spacial score (nSPS) is 32.1. The predicted molar refractivity (Wildman–Crippen MR) is 88.9 cm³/mol. The number of benzene rings is 2. The summed E-state index contributed by atoms with van der Waals surface area (Å²) in [5.41, 5.74) is 3.90. The molecule has 0 amide bonds. The Morgan fingerprint density at radius 2 is 1.91 bits per heavy atom. The minimum Gasteiger partial charge on any atom is -0.299 e. The Hall–Kier alpha value is -1.89. The number of aryl methyl sites for hydroxylation is 1. The quantitative estimate of drug-likeness (QED) is 0.657. The molecule has 1 saturated carbocycles. The van der Waals surface area contributed by atoms with E-state index >= 15 is 0 Å². The number of carbonyl (C=O) groups is 1. The van der Waals surface area contributed by atoms with Crippen LogP contribution in [0.2, 0.25) is 0 Å². The van der Waals surface area contributed by atoms with Crippen molar-refractivity contribution in [1.82, 2.24) is 0 Å². The first-order valence-corrected chi connectivity index (χ1v) is 8.38. The molecular weight excluding hydrogens is 268 g/mol. The third kappa shape index (κ3) is 1.57. The highest BCUT2D eigenvalue weighted by atomic mass is 16.1. The summed E-state index contributed by atoms with van der Waals surface area (Å²) >= 11 is 0. The lowest BCUT2D eigenvalue weighted by atomic mass is 9.63. The fourth-order valence-electron chi connectivity index (χ4n) is 5.11. The van der Waals surface area contributed by atoms with Crippen LogP contribution in [0.4, 0.5) is 0 Å². The van der Waals surface area contributed by atoms with Gasteiger partial charge in [-0.1, -0.05) is 48.0 Å². The highest BCUT2D eigenvalue weighted by Crippen LogP contribution is 2.56. The molecule has 0 saturated heterocycles. The van der Waals surface area contributed by atoms with Crippen molar-refractivity contribution >= 4 is 16.6 Å². The zero-order chi connectivity index (χ0) is 14.9. The van der Waals surface area contributed by atoms with Gasteiger partial charge in [0, 0.05) is 11.8 Å². The summed E-state index contributed by atoms with van der Waals surface area (Å²) in [5, 5.41) is 2.59. The van der Waals surface area contributed by atoms with Crippen LogP contribution in [0.5, 0.6) is 0 Å². The van der Waals surface area contributed by atoms with Crippen molar-refractivity contribution in [3.63, 3.8) is 0 Å². The largest absolute Gasteiger partial charge is 0.299 e. The number of Topliss-reactive ketones (excluding diaryl/α,β-unsaturated/α-hetero) is 1. The molecule has 1 nitrogen and oxygen atoms in total. The van der Waals surface area contributed by atoms with Gasteiger partial charge in [0.2, 0.25) is 0 Å². The van der Waals surface area contributed by atoms with Gasteiger partial charge < -0.3 is 0 Å². The molecule has 0 radical (unpaired) electrons. The van der Waals surface area contributed by atoms with Gasteiger partial charge >= 0.3 is 0 Å². The minimum absolute atomic E-state index is 0.0794. The number of hydrogen-bond acceptors (Lipinski definition) is 1. The van der Waals surface area contributed by atoms with Crippen molar-refractivity contribution in [1.29, 1.82) is 0 Å². The van der Waals surface area contributed by atoms with Gasteiger partial charge in [0.15, 0.2) is 0 Å². The van der Waals surface area contributed by atoms with E-state index in [1.165, 1.54) is 33.9 Å². The average Bonchev–Trinajstić information content (AvgIpc) is 3.08. The maximum absolute atomic E-state index is 12.9. The Balaban J connectivity index is 1.65. The fourth-order valence-corrected chi connectivity index (χ4v) is 5.11. The number of ketones is 1. The summed E-state index contributed by atoms with van der Waals surface area (Å²) in [4.78, 5) is 12.9. The highest BCUT2D eigenvalue weighted by molar-refractivity contribution is 5.93. The third-order valence-corrected chi connectivity index (χ3v) is 6.23. The molecule has 0 aromatic heterocycles. The maximum atomic E-state index is 12.9. The minimum atomic E-state index is -0.0794. The van der Waals surface area contributed by atoms with Crippen LogP contribution < -0.4 is 0 Å². The second-order valence-corrected chi connectivity index (χ2v) is 7.60. The van der Waals surface area contributed by atoms with Gasteiger partial charge in [-0.2, -0.15) is 0 Å². The molecule has 1 heteroatoms. The molecular formula is C21H20O. The summed E-state index contributed by atoms with van der Waals surface area (Å²) in [6, 6.07) is 11.2. The Bertz CT molecular complexity index is 844. The number of allylic oxidation sites excluding steroid dienone is 2. The summed E-state index contributed by atoms with van der Waals surface area (Å²) < 4.78 is 0. The van der Waals surface area contributed by atoms with Crippen molar-refractivity contribution < 1.29 is 4.79 Å². The van der Waals surface area contributed by atoms with Crippen LogP contribution in [-0.4, -0.2) is 5.78 Å². The van der Waals surface area contributed by atoms with Gasteiger partial charge in [-0.3, -0.25) is 4.79 Å². The Labute approximate surface area is 131 Å². The molecule has 110 valence electrons. The van der Waals surface area contributed by atoms with Gasteiger partial charge in [-0.15, -0.1) is 0 Å². The molecule has 1 fully saturated rings. The Kier molecular flexibility index (Phi) is 2.35. The van der Waals surface area contributed by atoms with Crippen LogP contribution in [0.1, 0.15) is 29.5 Å². The first-order valence-electron chi connectivity index (χ1n) is 8.38. The molecule has 0 N–H and O–H groups in total. The first-order chi connectivity index (χ1) is 10.6. The number of fused-ring (bicyclic) bond motifs is 5. The van der Waals surface area contributed by atoms with Crippen LogP contribution in [-0.2, 0) is 17.6 Å². The summed E-state index contributed by atoms with van der Waals surface area (Å²) in [6.07, 6.45) is 8.53. The van der Waals surface area contributed by atoms with E-state index in [0.717, 1.165) is 12.8 Å². The van der Waals surface area contributed by atoms with Crippen molar-refractivity contribution in [3.05, 3.63) is 59.2 Å². The van der Waals surface area contributed by atoms with Crippen LogP contribution in [0.15, 0.2) is 42.5 Å². The fraction of sp³-hybridized carbons (Fsp3) is 0.381. The highest BCUT2D eigenvalue weighted by Gasteiger charge is 2.54. The number of rotatable bonds is 0. The van der Waals surface area contributed by atoms with E-state index in [4.69, 9.17) is 0 Å². The predicted octanol–water partition coefficient (Wildman–Crippen LogP) is 4.40. The molecule has 22 heavy (non-hydrogen) atoms. The molecule has 0 heterocycles. The lowest BCUT2D eigenvalue weighted by Gasteiger charge is -2.38. The Morgan fingerprint density at radius 3 is 2.68 bits per heavy atom. The number of carbonyl (C=O) groups excluding carboxylic acids is 1. The third-order valence-electron chi connectivity index (χ3n) is 6.23. The van der Waals surface area contributed by atoms with E-state index in [1.807, 2.05) is 0 Å². The lowest BCUT2D eigenvalue weighted by Crippen LogP contribution is -2.41. The summed E-state index contributed by atoms with van der Waals surface area (Å²) in [6.45, 7) is 2.14. The zero-order valence-electron chi connectivity index (χ0n) is 12.9. The molecule has 1 spiro atoms. The smallest absolute Gasteiger partial charge is 0.144 e. The molecule has 3 aliphatic carbocycles. The van der Waals surface area contributed by atoms with Crippen molar-refractivity contribution in [2.75, 3.05) is 0 Å². The summed E-state index contributed by atoms with van der Waals surface area (Å²) in [7, 11) is 0. The molecule has 3 unspecified atom stereocenters. The monoisotopic (exact) mass is 288 g/mol. The van der Waals surface area contributed by atoms with E-state index in [1.54, 1.807) is 0 Å². The van der Waals surface area contributed by atoms with Crippen molar-refractivity contribution in [2.45, 2.75) is 32.6 Å². The SMILES string of the molecule is Cc1ccc2cc3c(cc2c1)CC1(CC2C=CC1C2)C(=O)C3. The van der Waals surface area contributed by atoms with Gasteiger partial charge in [0.1, 0.15) is 5.78 Å². The lowest BCUT2D eigenvalue weighted by molar-refractivity contribution is -0.130. The van der Waals surface area contributed by atoms with E-state index in [0.29, 0.717) is 24.0 Å². The second-order valence-electron chi connectivity index (χ2n) is 7.60. The van der Waals surface area contributed by atoms with Gasteiger partial charge in [0.05, 0.1) is 0 Å². The van der Waals surface area contributed by atoms with Crippen LogP contribution in [0.3, 0.4) is 0 Å². The van der Waals surface area contributed by atoms with E-state index in [9.17, 15) is 4.79 Å². The topological polar surface area (TPSA) is 17.1 Å². The molecule has 0 aliphatic heterocycles. The second kappa shape index (κ2) is 4.10. The van der Waals surface area contributed by atoms with Crippen LogP contribution in [0, 0.1) is 24.2 Å².